The third kappa shape index (κ3) is 4.48. The van der Waals surface area contributed by atoms with Crippen LogP contribution in [0.5, 0.6) is 23.0 Å². The van der Waals surface area contributed by atoms with Crippen molar-refractivity contribution in [2.45, 2.75) is 0 Å². The molecule has 2 aromatic carbocycles. The molecule has 0 aliphatic carbocycles. The predicted molar refractivity (Wildman–Crippen MR) is 106 cm³/mol. The van der Waals surface area contributed by atoms with Crippen molar-refractivity contribution in [2.75, 3.05) is 33.8 Å². The fraction of sp³-hybridized carbons (Fsp3) is 0.200. The Bertz CT molecular complexity index is 950. The average Bonchev–Trinajstić information content (AvgIpc) is 2.71. The molecular formula is C20H19ClN2O5. The summed E-state index contributed by atoms with van der Waals surface area (Å²) in [6, 6.07) is 9.97. The lowest BCUT2D eigenvalue weighted by Crippen LogP contribution is -2.13. The minimum atomic E-state index is -0.597. The van der Waals surface area contributed by atoms with E-state index in [9.17, 15) is 10.1 Å². The first kappa shape index (κ1) is 20.9. The largest absolute Gasteiger partial charge is 0.495 e. The number of nitrogens with zero attached hydrogens (tertiary/aromatic N) is 1. The number of methoxy groups -OCH3 is 4. The van der Waals surface area contributed by atoms with Gasteiger partial charge in [-0.25, -0.2) is 0 Å². The molecular weight excluding hydrogens is 384 g/mol. The van der Waals surface area contributed by atoms with Crippen molar-refractivity contribution in [3.05, 3.63) is 46.5 Å². The Balaban J connectivity index is 2.37. The molecule has 0 fully saturated rings. The first-order valence-corrected chi connectivity index (χ1v) is 8.42. The maximum absolute atomic E-state index is 12.5. The van der Waals surface area contributed by atoms with Crippen LogP contribution in [0.1, 0.15) is 5.56 Å². The Morgan fingerprint density at radius 2 is 1.64 bits per heavy atom. The maximum atomic E-state index is 12.5. The Morgan fingerprint density at radius 3 is 2.18 bits per heavy atom. The van der Waals surface area contributed by atoms with Crippen molar-refractivity contribution in [3.8, 4) is 29.1 Å². The number of nitrogens with one attached hydrogen (secondary N) is 1. The van der Waals surface area contributed by atoms with Crippen LogP contribution in [0.2, 0.25) is 5.02 Å². The van der Waals surface area contributed by atoms with Gasteiger partial charge < -0.3 is 24.3 Å². The highest BCUT2D eigenvalue weighted by Crippen LogP contribution is 2.40. The maximum Gasteiger partial charge on any atom is 0.266 e. The second-order valence-corrected chi connectivity index (χ2v) is 5.80. The van der Waals surface area contributed by atoms with Crippen LogP contribution in [-0.2, 0) is 4.79 Å². The lowest BCUT2D eigenvalue weighted by Gasteiger charge is -2.14. The zero-order valence-corrected chi connectivity index (χ0v) is 16.6. The number of hydrogen-bond donors (Lipinski definition) is 1. The van der Waals surface area contributed by atoms with E-state index in [1.807, 2.05) is 6.07 Å². The number of halogens is 1. The number of carbonyl (C=O) groups excluding carboxylic acids is 1. The molecule has 2 aromatic rings. The third-order valence-corrected chi connectivity index (χ3v) is 4.10. The van der Waals surface area contributed by atoms with Crippen LogP contribution < -0.4 is 24.3 Å². The molecule has 0 aromatic heterocycles. The number of anilines is 1. The number of benzene rings is 2. The molecule has 1 N–H and O–H groups in total. The number of rotatable bonds is 7. The van der Waals surface area contributed by atoms with Crippen LogP contribution in [0, 0.1) is 11.3 Å². The molecule has 0 spiro atoms. The molecule has 146 valence electrons. The number of nitriles is 1. The van der Waals surface area contributed by atoms with E-state index in [0.29, 0.717) is 39.3 Å². The van der Waals surface area contributed by atoms with E-state index >= 15 is 0 Å². The number of amides is 1. The van der Waals surface area contributed by atoms with Crippen molar-refractivity contribution in [2.24, 2.45) is 0 Å². The SMILES string of the molecule is COc1ccc(NC(=O)/C(C#N)=C/c2ccc(OC)c(OC)c2OC)cc1Cl. The van der Waals surface area contributed by atoms with Gasteiger partial charge in [-0.1, -0.05) is 11.6 Å². The van der Waals surface area contributed by atoms with Crippen LogP contribution >= 0.6 is 11.6 Å². The zero-order valence-electron chi connectivity index (χ0n) is 15.8. The minimum absolute atomic E-state index is 0.127. The van der Waals surface area contributed by atoms with Gasteiger partial charge in [0.2, 0.25) is 5.75 Å². The number of carbonyl (C=O) groups is 1. The van der Waals surface area contributed by atoms with Gasteiger partial charge in [-0.05, 0) is 36.4 Å². The summed E-state index contributed by atoms with van der Waals surface area (Å²) in [5.74, 6) is 1.05. The quantitative estimate of drug-likeness (QED) is 0.557. The summed E-state index contributed by atoms with van der Waals surface area (Å²) >= 11 is 6.06. The summed E-state index contributed by atoms with van der Waals surface area (Å²) in [6.07, 6.45) is 1.40. The smallest absolute Gasteiger partial charge is 0.266 e. The van der Waals surface area contributed by atoms with Crippen molar-refractivity contribution in [1.82, 2.24) is 0 Å². The van der Waals surface area contributed by atoms with Gasteiger partial charge in [0.15, 0.2) is 11.5 Å². The van der Waals surface area contributed by atoms with E-state index < -0.39 is 5.91 Å². The molecule has 7 nitrogen and oxygen atoms in total. The van der Waals surface area contributed by atoms with Gasteiger partial charge in [-0.15, -0.1) is 0 Å². The highest BCUT2D eigenvalue weighted by Gasteiger charge is 2.17. The lowest BCUT2D eigenvalue weighted by atomic mass is 10.1. The fourth-order valence-electron chi connectivity index (χ4n) is 2.48. The number of hydrogen-bond acceptors (Lipinski definition) is 6. The van der Waals surface area contributed by atoms with Crippen molar-refractivity contribution >= 4 is 29.3 Å². The van der Waals surface area contributed by atoms with E-state index in [1.54, 1.807) is 24.3 Å². The van der Waals surface area contributed by atoms with Crippen LogP contribution in [0.25, 0.3) is 6.08 Å². The van der Waals surface area contributed by atoms with Crippen molar-refractivity contribution < 1.29 is 23.7 Å². The standard InChI is InChI=1S/C20H19ClN2O5/c1-25-16-8-6-14(10-15(16)21)23-20(24)13(11-22)9-12-5-7-17(26-2)19(28-4)18(12)27-3/h5-10H,1-4H3,(H,23,24)/b13-9+. The average molecular weight is 403 g/mol. The Kier molecular flexibility index (Phi) is 7.13. The van der Waals surface area contributed by atoms with E-state index in [2.05, 4.69) is 5.32 Å². The molecule has 0 aliphatic rings. The first-order valence-electron chi connectivity index (χ1n) is 8.04. The summed E-state index contributed by atoms with van der Waals surface area (Å²) in [5.41, 5.74) is 0.785. The molecule has 0 heterocycles. The monoisotopic (exact) mass is 402 g/mol. The normalized spacial score (nSPS) is 10.6. The van der Waals surface area contributed by atoms with Crippen molar-refractivity contribution in [1.29, 1.82) is 5.26 Å². The molecule has 0 aliphatic heterocycles. The van der Waals surface area contributed by atoms with Gasteiger partial charge in [0.1, 0.15) is 17.4 Å². The van der Waals surface area contributed by atoms with E-state index in [0.717, 1.165) is 0 Å². The van der Waals surface area contributed by atoms with Crippen LogP contribution in [0.15, 0.2) is 35.9 Å². The zero-order chi connectivity index (χ0) is 20.7. The van der Waals surface area contributed by atoms with Crippen molar-refractivity contribution in [3.63, 3.8) is 0 Å². The molecule has 0 unspecified atom stereocenters. The molecule has 0 saturated carbocycles. The highest BCUT2D eigenvalue weighted by molar-refractivity contribution is 6.32. The lowest BCUT2D eigenvalue weighted by molar-refractivity contribution is -0.112. The summed E-state index contributed by atoms with van der Waals surface area (Å²) in [7, 11) is 5.92. The first-order chi connectivity index (χ1) is 13.5. The van der Waals surface area contributed by atoms with E-state index in [1.165, 1.54) is 40.6 Å². The molecule has 0 saturated heterocycles. The Morgan fingerprint density at radius 1 is 1.00 bits per heavy atom. The Labute approximate surface area is 168 Å². The predicted octanol–water partition coefficient (Wildman–Crippen LogP) is 3.92. The second kappa shape index (κ2) is 9.53. The summed E-state index contributed by atoms with van der Waals surface area (Å²) in [5, 5.41) is 12.4. The molecule has 0 bridgehead atoms. The third-order valence-electron chi connectivity index (χ3n) is 3.81. The fourth-order valence-corrected chi connectivity index (χ4v) is 2.74. The summed E-state index contributed by atoms with van der Waals surface area (Å²) < 4.78 is 21.0. The van der Waals surface area contributed by atoms with Gasteiger partial charge in [-0.2, -0.15) is 5.26 Å². The molecule has 28 heavy (non-hydrogen) atoms. The minimum Gasteiger partial charge on any atom is -0.495 e. The highest BCUT2D eigenvalue weighted by atomic mass is 35.5. The van der Waals surface area contributed by atoms with Gasteiger partial charge in [0.05, 0.1) is 33.5 Å². The molecule has 2 rings (SSSR count). The van der Waals surface area contributed by atoms with Crippen LogP contribution in [0.4, 0.5) is 5.69 Å². The number of ether oxygens (including phenoxy) is 4. The Hall–Kier alpha value is -3.37. The molecule has 0 atom stereocenters. The summed E-state index contributed by atoms with van der Waals surface area (Å²) in [6.45, 7) is 0. The molecule has 0 radical (unpaired) electrons. The van der Waals surface area contributed by atoms with Gasteiger partial charge in [-0.3, -0.25) is 4.79 Å². The van der Waals surface area contributed by atoms with Gasteiger partial charge in [0.25, 0.3) is 5.91 Å². The second-order valence-electron chi connectivity index (χ2n) is 5.40. The molecule has 1 amide bonds. The van der Waals surface area contributed by atoms with Gasteiger partial charge >= 0.3 is 0 Å². The van der Waals surface area contributed by atoms with E-state index in [4.69, 9.17) is 30.5 Å². The van der Waals surface area contributed by atoms with Gasteiger partial charge in [0, 0.05) is 11.3 Å². The van der Waals surface area contributed by atoms with E-state index in [-0.39, 0.29) is 5.57 Å². The van der Waals surface area contributed by atoms with Crippen LogP contribution in [-0.4, -0.2) is 34.3 Å². The topological polar surface area (TPSA) is 89.8 Å². The molecule has 8 heteroatoms. The summed E-state index contributed by atoms with van der Waals surface area (Å²) in [4.78, 5) is 12.5. The van der Waals surface area contributed by atoms with Crippen LogP contribution in [0.3, 0.4) is 0 Å².